The van der Waals surface area contributed by atoms with Crippen LogP contribution in [0.1, 0.15) is 29.4 Å². The molecule has 4 aromatic heterocycles. The maximum absolute atomic E-state index is 13.8. The standard InChI is InChI=1S/C17H11ClF4N6/c18-14-3-11(16-24-6-15(19)28(16)26-14)10-2-9(10)8-1-13-12(23-4-8)5-25-27(13)7-17(20,21)22/h1,3-6,9-10H,2,7H2/t9?,10-/m1/s1. The molecule has 6 nitrogen and oxygen atoms in total. The van der Waals surface area contributed by atoms with Crippen LogP contribution in [0.4, 0.5) is 17.6 Å². The average molecular weight is 411 g/mol. The minimum Gasteiger partial charge on any atom is -0.254 e. The first-order valence-corrected chi connectivity index (χ1v) is 8.76. The molecule has 0 radical (unpaired) electrons. The van der Waals surface area contributed by atoms with Gasteiger partial charge < -0.3 is 0 Å². The van der Waals surface area contributed by atoms with Gasteiger partial charge in [-0.2, -0.15) is 32.3 Å². The number of alkyl halides is 3. The molecule has 5 rings (SSSR count). The molecule has 1 aliphatic rings. The quantitative estimate of drug-likeness (QED) is 0.477. The molecular weight excluding hydrogens is 400 g/mol. The van der Waals surface area contributed by atoms with E-state index in [1.54, 1.807) is 18.3 Å². The van der Waals surface area contributed by atoms with E-state index in [1.165, 1.54) is 6.20 Å². The average Bonchev–Trinajstić information content (AvgIpc) is 3.22. The number of imidazole rings is 1. The summed E-state index contributed by atoms with van der Waals surface area (Å²) in [5, 5.41) is 7.83. The predicted molar refractivity (Wildman–Crippen MR) is 91.6 cm³/mol. The minimum absolute atomic E-state index is 0.00281. The lowest BCUT2D eigenvalue weighted by Crippen LogP contribution is -2.18. The maximum atomic E-state index is 13.8. The normalized spacial score (nSPS) is 19.6. The molecule has 0 amide bonds. The topological polar surface area (TPSA) is 60.9 Å². The summed E-state index contributed by atoms with van der Waals surface area (Å²) >= 11 is 6.01. The first-order chi connectivity index (χ1) is 13.3. The Balaban J connectivity index is 1.51. The second-order valence-corrected chi connectivity index (χ2v) is 7.17. The van der Waals surface area contributed by atoms with E-state index in [9.17, 15) is 17.6 Å². The van der Waals surface area contributed by atoms with Crippen molar-refractivity contribution in [3.05, 3.63) is 53.0 Å². The molecule has 1 fully saturated rings. The van der Waals surface area contributed by atoms with Crippen LogP contribution >= 0.6 is 11.6 Å². The van der Waals surface area contributed by atoms with Gasteiger partial charge in [0.05, 0.1) is 17.9 Å². The maximum Gasteiger partial charge on any atom is 0.408 e. The highest BCUT2D eigenvalue weighted by atomic mass is 35.5. The molecule has 0 aromatic carbocycles. The van der Waals surface area contributed by atoms with Gasteiger partial charge in [-0.25, -0.2) is 4.98 Å². The van der Waals surface area contributed by atoms with Crippen LogP contribution in [-0.2, 0) is 6.54 Å². The van der Waals surface area contributed by atoms with Crippen LogP contribution < -0.4 is 0 Å². The first kappa shape index (κ1) is 17.4. The second-order valence-electron chi connectivity index (χ2n) is 6.78. The van der Waals surface area contributed by atoms with Crippen LogP contribution in [0, 0.1) is 5.95 Å². The zero-order valence-corrected chi connectivity index (χ0v) is 14.8. The van der Waals surface area contributed by atoms with E-state index < -0.39 is 18.7 Å². The van der Waals surface area contributed by atoms with Gasteiger partial charge in [-0.3, -0.25) is 9.67 Å². The Morgan fingerprint density at radius 3 is 2.71 bits per heavy atom. The lowest BCUT2D eigenvalue weighted by molar-refractivity contribution is -0.141. The van der Waals surface area contributed by atoms with Gasteiger partial charge in [0.2, 0.25) is 5.95 Å². The third kappa shape index (κ3) is 2.88. The largest absolute Gasteiger partial charge is 0.408 e. The highest BCUT2D eigenvalue weighted by Crippen LogP contribution is 2.55. The number of hydrogen-bond donors (Lipinski definition) is 0. The van der Waals surface area contributed by atoms with Gasteiger partial charge in [0.15, 0.2) is 10.8 Å². The van der Waals surface area contributed by atoms with Crippen molar-refractivity contribution >= 4 is 28.3 Å². The first-order valence-electron chi connectivity index (χ1n) is 8.38. The summed E-state index contributed by atoms with van der Waals surface area (Å²) < 4.78 is 54.0. The molecule has 144 valence electrons. The van der Waals surface area contributed by atoms with Gasteiger partial charge in [0.25, 0.3) is 0 Å². The Kier molecular flexibility index (Phi) is 3.64. The third-order valence-electron chi connectivity index (χ3n) is 4.89. The number of hydrogen-bond acceptors (Lipinski definition) is 4. The fourth-order valence-electron chi connectivity index (χ4n) is 3.58. The van der Waals surface area contributed by atoms with E-state index in [2.05, 4.69) is 20.2 Å². The van der Waals surface area contributed by atoms with E-state index in [-0.39, 0.29) is 17.0 Å². The van der Waals surface area contributed by atoms with Gasteiger partial charge in [-0.15, -0.1) is 0 Å². The van der Waals surface area contributed by atoms with Crippen LogP contribution in [0.25, 0.3) is 16.7 Å². The van der Waals surface area contributed by atoms with Gasteiger partial charge in [-0.1, -0.05) is 11.6 Å². The number of aromatic nitrogens is 6. The van der Waals surface area contributed by atoms with E-state index in [0.29, 0.717) is 16.7 Å². The molecule has 1 aliphatic carbocycles. The van der Waals surface area contributed by atoms with Crippen molar-refractivity contribution in [2.24, 2.45) is 0 Å². The fraction of sp³-hybridized carbons (Fsp3) is 0.294. The Morgan fingerprint density at radius 1 is 1.11 bits per heavy atom. The summed E-state index contributed by atoms with van der Waals surface area (Å²) in [6.07, 6.45) is 0.378. The van der Waals surface area contributed by atoms with E-state index in [0.717, 1.165) is 32.9 Å². The molecule has 28 heavy (non-hydrogen) atoms. The molecule has 0 bridgehead atoms. The monoisotopic (exact) mass is 410 g/mol. The molecule has 1 saturated carbocycles. The SMILES string of the molecule is Fc1cnc2c([C@@H]3CC3c3cnc4cnn(CC(F)(F)F)c4c3)cc(Cl)nn12. The molecule has 0 aliphatic heterocycles. The molecule has 2 atom stereocenters. The summed E-state index contributed by atoms with van der Waals surface area (Å²) in [6.45, 7) is -1.18. The number of nitrogens with zero attached hydrogens (tertiary/aromatic N) is 6. The van der Waals surface area contributed by atoms with Crippen LogP contribution in [-0.4, -0.2) is 35.5 Å². The van der Waals surface area contributed by atoms with Crippen LogP contribution in [0.5, 0.6) is 0 Å². The molecule has 4 aromatic rings. The van der Waals surface area contributed by atoms with Gasteiger partial charge in [0.1, 0.15) is 12.1 Å². The van der Waals surface area contributed by atoms with Crippen molar-refractivity contribution in [3.63, 3.8) is 0 Å². The van der Waals surface area contributed by atoms with Crippen LogP contribution in [0.3, 0.4) is 0 Å². The number of pyridine rings is 1. The van der Waals surface area contributed by atoms with Crippen molar-refractivity contribution in [2.75, 3.05) is 0 Å². The van der Waals surface area contributed by atoms with Crippen molar-refractivity contribution < 1.29 is 17.6 Å². The number of fused-ring (bicyclic) bond motifs is 2. The van der Waals surface area contributed by atoms with Crippen molar-refractivity contribution in [2.45, 2.75) is 31.0 Å². The Morgan fingerprint density at radius 2 is 1.93 bits per heavy atom. The molecule has 0 saturated heterocycles. The fourth-order valence-corrected chi connectivity index (χ4v) is 3.78. The lowest BCUT2D eigenvalue weighted by Gasteiger charge is -2.08. The van der Waals surface area contributed by atoms with Gasteiger partial charge in [-0.05, 0) is 36.0 Å². The van der Waals surface area contributed by atoms with Crippen LogP contribution in [0.2, 0.25) is 5.15 Å². The second kappa shape index (κ2) is 5.87. The molecule has 11 heteroatoms. The molecule has 0 N–H and O–H groups in total. The van der Waals surface area contributed by atoms with E-state index >= 15 is 0 Å². The van der Waals surface area contributed by atoms with E-state index in [1.807, 2.05) is 0 Å². The summed E-state index contributed by atoms with van der Waals surface area (Å²) in [5.74, 6) is -0.591. The van der Waals surface area contributed by atoms with Gasteiger partial charge in [0, 0.05) is 11.8 Å². The minimum atomic E-state index is -4.37. The summed E-state index contributed by atoms with van der Waals surface area (Å²) in [7, 11) is 0. The zero-order chi connectivity index (χ0) is 19.6. The summed E-state index contributed by atoms with van der Waals surface area (Å²) in [5.41, 5.74) is 2.64. The summed E-state index contributed by atoms with van der Waals surface area (Å²) in [6, 6.07) is 3.33. The highest BCUT2D eigenvalue weighted by molar-refractivity contribution is 6.29. The lowest BCUT2D eigenvalue weighted by atomic mass is 10.1. The smallest absolute Gasteiger partial charge is 0.254 e. The Hall–Kier alpha value is -2.75. The Bertz CT molecular complexity index is 1210. The third-order valence-corrected chi connectivity index (χ3v) is 5.07. The number of halogens is 5. The molecular formula is C17H11ClF4N6. The van der Waals surface area contributed by atoms with Gasteiger partial charge >= 0.3 is 6.18 Å². The highest BCUT2D eigenvalue weighted by Gasteiger charge is 2.42. The molecule has 1 unspecified atom stereocenters. The van der Waals surface area contributed by atoms with Crippen LogP contribution in [0.15, 0.2) is 30.7 Å². The predicted octanol–water partition coefficient (Wildman–Crippen LogP) is 4.10. The molecule has 0 spiro atoms. The number of rotatable bonds is 3. The van der Waals surface area contributed by atoms with Crippen molar-refractivity contribution in [1.29, 1.82) is 0 Å². The van der Waals surface area contributed by atoms with E-state index in [4.69, 9.17) is 11.6 Å². The molecule has 4 heterocycles. The Labute approximate surface area is 159 Å². The van der Waals surface area contributed by atoms with Crippen molar-refractivity contribution in [3.8, 4) is 0 Å². The van der Waals surface area contributed by atoms with Crippen molar-refractivity contribution in [1.82, 2.24) is 29.4 Å². The zero-order valence-electron chi connectivity index (χ0n) is 14.0. The summed E-state index contributed by atoms with van der Waals surface area (Å²) in [4.78, 5) is 8.29.